The number of epoxide rings is 1. The summed E-state index contributed by atoms with van der Waals surface area (Å²) in [6.07, 6.45) is 13.7. The molecule has 3 N–H and O–H groups in total. The zero-order valence-electron chi connectivity index (χ0n) is 30.8. The highest BCUT2D eigenvalue weighted by molar-refractivity contribution is 5.94. The molecule has 2 aliphatic carbocycles. The van der Waals surface area contributed by atoms with E-state index < -0.39 is 47.6 Å². The van der Waals surface area contributed by atoms with Crippen molar-refractivity contribution >= 4 is 23.9 Å². The molecular weight excluding hydrogens is 666 g/mol. The van der Waals surface area contributed by atoms with Crippen LogP contribution in [0.2, 0.25) is 0 Å². The van der Waals surface area contributed by atoms with E-state index in [1.165, 1.54) is 0 Å². The van der Waals surface area contributed by atoms with Crippen molar-refractivity contribution in [3.8, 4) is 0 Å². The minimum atomic E-state index is -1.32. The summed E-state index contributed by atoms with van der Waals surface area (Å²) in [7, 11) is 0. The van der Waals surface area contributed by atoms with Gasteiger partial charge in [-0.1, -0.05) is 75.9 Å². The van der Waals surface area contributed by atoms with E-state index in [2.05, 4.69) is 42.7 Å². The van der Waals surface area contributed by atoms with Gasteiger partial charge in [0.2, 0.25) is 11.8 Å². The molecule has 12 nitrogen and oxygen atoms in total. The number of aliphatic hydroxyl groups is 1. The first-order valence-electron chi connectivity index (χ1n) is 19.9. The normalized spacial score (nSPS) is 34.1. The largest absolute Gasteiger partial charge is 0.458 e. The van der Waals surface area contributed by atoms with Crippen LogP contribution in [0.5, 0.6) is 0 Å². The summed E-state index contributed by atoms with van der Waals surface area (Å²) >= 11 is 0. The summed E-state index contributed by atoms with van der Waals surface area (Å²) in [4.78, 5) is 47.9. The second-order valence-corrected chi connectivity index (χ2v) is 15.6. The molecule has 0 radical (unpaired) electrons. The van der Waals surface area contributed by atoms with Crippen LogP contribution in [0.1, 0.15) is 108 Å². The van der Waals surface area contributed by atoms with Crippen LogP contribution in [0.4, 0.5) is 0 Å². The molecule has 9 atom stereocenters. The van der Waals surface area contributed by atoms with E-state index in [1.807, 2.05) is 18.2 Å². The first-order valence-corrected chi connectivity index (χ1v) is 19.9. The Morgan fingerprint density at radius 1 is 0.962 bits per heavy atom. The van der Waals surface area contributed by atoms with Gasteiger partial charge in [-0.05, 0) is 49.1 Å². The van der Waals surface area contributed by atoms with Gasteiger partial charge in [0.15, 0.2) is 11.8 Å². The number of hydrogen-bond acceptors (Lipinski definition) is 10. The van der Waals surface area contributed by atoms with Crippen molar-refractivity contribution in [1.82, 2.24) is 15.7 Å². The number of hydrogen-bond donors (Lipinski definition) is 3. The number of fused-ring (bicyclic) bond motifs is 5. The number of unbranched alkanes of at least 4 members (excludes halogenated alkanes) is 4. The van der Waals surface area contributed by atoms with Crippen LogP contribution in [0, 0.1) is 11.3 Å². The Labute approximate surface area is 307 Å². The fourth-order valence-electron chi connectivity index (χ4n) is 9.29. The third-order valence-corrected chi connectivity index (χ3v) is 12.0. The lowest BCUT2D eigenvalue weighted by Gasteiger charge is -2.48. The van der Waals surface area contributed by atoms with E-state index in [-0.39, 0.29) is 50.9 Å². The summed E-state index contributed by atoms with van der Waals surface area (Å²) in [5.74, 6) is -1.54. The van der Waals surface area contributed by atoms with Crippen LogP contribution < -0.4 is 10.6 Å². The van der Waals surface area contributed by atoms with Gasteiger partial charge in [0.05, 0.1) is 25.4 Å². The molecule has 0 aromatic heterocycles. The predicted molar refractivity (Wildman–Crippen MR) is 191 cm³/mol. The highest BCUT2D eigenvalue weighted by Gasteiger charge is 2.76. The average Bonchev–Trinajstić information content (AvgIpc) is 3.69. The van der Waals surface area contributed by atoms with Gasteiger partial charge in [0, 0.05) is 38.8 Å². The van der Waals surface area contributed by atoms with Crippen LogP contribution in [0.15, 0.2) is 30.3 Å². The van der Waals surface area contributed by atoms with Gasteiger partial charge >= 0.3 is 5.97 Å². The van der Waals surface area contributed by atoms with Gasteiger partial charge in [-0.2, -0.15) is 5.06 Å². The first-order chi connectivity index (χ1) is 25.3. The Morgan fingerprint density at radius 2 is 1.73 bits per heavy atom. The predicted octanol–water partition coefficient (Wildman–Crippen LogP) is 4.32. The van der Waals surface area contributed by atoms with Gasteiger partial charge in [0.1, 0.15) is 29.8 Å². The van der Waals surface area contributed by atoms with Crippen molar-refractivity contribution in [3.05, 3.63) is 41.5 Å². The van der Waals surface area contributed by atoms with E-state index in [0.717, 1.165) is 68.9 Å². The van der Waals surface area contributed by atoms with Gasteiger partial charge in [-0.3, -0.25) is 19.2 Å². The highest BCUT2D eigenvalue weighted by Crippen LogP contribution is 2.58. The molecule has 4 aliphatic heterocycles. The molecule has 12 heteroatoms. The van der Waals surface area contributed by atoms with Crippen LogP contribution in [0.3, 0.4) is 0 Å². The van der Waals surface area contributed by atoms with Gasteiger partial charge in [0.25, 0.3) is 0 Å². The van der Waals surface area contributed by atoms with Gasteiger partial charge in [-0.15, -0.1) is 0 Å². The van der Waals surface area contributed by atoms with Gasteiger partial charge < -0.3 is 34.7 Å². The fourth-order valence-corrected chi connectivity index (χ4v) is 9.29. The number of amides is 2. The minimum absolute atomic E-state index is 0.0352. The summed E-state index contributed by atoms with van der Waals surface area (Å²) in [5, 5.41) is 16.3. The van der Waals surface area contributed by atoms with E-state index >= 15 is 0 Å². The lowest BCUT2D eigenvalue weighted by molar-refractivity contribution is -0.224. The van der Waals surface area contributed by atoms with Crippen LogP contribution >= 0.6 is 0 Å². The third kappa shape index (κ3) is 7.57. The molecule has 1 aromatic rings. The third-order valence-electron chi connectivity index (χ3n) is 12.0. The number of rotatable bonds is 18. The minimum Gasteiger partial charge on any atom is -0.458 e. The second-order valence-electron chi connectivity index (χ2n) is 15.6. The smallest absolute Gasteiger partial charge is 0.327 e. The number of allylic oxidation sites excluding steroid dienone is 1. The number of nitrogens with zero attached hydrogens (tertiary/aromatic N) is 1. The molecule has 4 saturated heterocycles. The number of carbonyl (C=O) groups is 3. The van der Waals surface area contributed by atoms with Crippen LogP contribution in [0.25, 0.3) is 6.08 Å². The Balaban J connectivity index is 1.17. The summed E-state index contributed by atoms with van der Waals surface area (Å²) < 4.78 is 25.8. The Bertz CT molecular complexity index is 1460. The number of aliphatic hydroxyl groups excluding tert-OH is 1. The van der Waals surface area contributed by atoms with Crippen molar-refractivity contribution in [2.45, 2.75) is 152 Å². The van der Waals surface area contributed by atoms with E-state index in [9.17, 15) is 14.4 Å². The van der Waals surface area contributed by atoms with Crippen LogP contribution in [-0.2, 0) is 44.7 Å². The van der Waals surface area contributed by atoms with E-state index in [1.54, 1.807) is 5.06 Å². The highest BCUT2D eigenvalue weighted by atomic mass is 16.8. The second kappa shape index (κ2) is 16.2. The fraction of sp³-hybridized carbons (Fsp3) is 0.725. The molecule has 6 fully saturated rings. The zero-order valence-corrected chi connectivity index (χ0v) is 30.8. The summed E-state index contributed by atoms with van der Waals surface area (Å²) in [5.41, 5.74) is 0.676. The number of ether oxygens (including phenoxy) is 4. The monoisotopic (exact) mass is 723 g/mol. The zero-order chi connectivity index (χ0) is 36.3. The first kappa shape index (κ1) is 37.4. The maximum absolute atomic E-state index is 14.6. The van der Waals surface area contributed by atoms with Crippen molar-refractivity contribution in [1.29, 1.82) is 0 Å². The Hall–Kier alpha value is -2.87. The molecule has 6 aliphatic rings. The molecule has 1 aromatic carbocycles. The van der Waals surface area contributed by atoms with E-state index in [0.29, 0.717) is 31.0 Å². The quantitative estimate of drug-likeness (QED) is 0.114. The van der Waals surface area contributed by atoms with Crippen molar-refractivity contribution < 1.29 is 43.3 Å². The molecule has 286 valence electrons. The van der Waals surface area contributed by atoms with Crippen molar-refractivity contribution in [3.63, 3.8) is 0 Å². The number of nitrogens with one attached hydrogen (secondary N) is 2. The number of hydroxylamine groups is 2. The average molecular weight is 724 g/mol. The standard InChI is InChI=1S/C40H57N3O9/c1-3-5-9-18-39(19-10-6-4-2)50-33-31-24-40(38(47)42-20-17-32(45)41-21-22-44)35(37(46)49-31)43(52-36(40)34(33)51-39)25-28-12-8-7-11-27(28)15-13-26-14-16-29-30(23-26)48-29/h7-8,11-13,15,26,29-31,33-36,44H,3-6,9-10,14,16-25H2,1-2H3,(H,41,45)(H,42,47). The molecule has 2 amide bonds. The molecule has 0 spiro atoms. The molecular formula is C40H57N3O9. The lowest BCUT2D eigenvalue weighted by Crippen LogP contribution is -2.69. The lowest BCUT2D eigenvalue weighted by atomic mass is 9.62. The SMILES string of the molecule is CCCCCC1(CCCCC)OC2C3CC4(C(=O)NCCC(=O)NCCO)C(ON(Cc5ccccc5C=CC5CCC6OC6C5)C4C(=O)O3)C2O1. The molecule has 2 saturated carbocycles. The number of esters is 1. The van der Waals surface area contributed by atoms with Crippen molar-refractivity contribution in [2.75, 3.05) is 19.7 Å². The summed E-state index contributed by atoms with van der Waals surface area (Å²) in [6.45, 7) is 4.64. The Morgan fingerprint density at radius 3 is 2.48 bits per heavy atom. The summed E-state index contributed by atoms with van der Waals surface area (Å²) in [6, 6.07) is 7.06. The Kier molecular flexibility index (Phi) is 11.7. The molecule has 2 bridgehead atoms. The molecule has 4 heterocycles. The molecule has 9 unspecified atom stereocenters. The maximum atomic E-state index is 14.6. The van der Waals surface area contributed by atoms with Crippen molar-refractivity contribution in [2.24, 2.45) is 11.3 Å². The van der Waals surface area contributed by atoms with Crippen LogP contribution in [-0.4, -0.2) is 96.1 Å². The van der Waals surface area contributed by atoms with E-state index in [4.69, 9.17) is 28.9 Å². The van der Waals surface area contributed by atoms with Gasteiger partial charge in [-0.25, -0.2) is 0 Å². The number of carbonyl (C=O) groups excluding carboxylic acids is 3. The topological polar surface area (TPSA) is 148 Å². The molecule has 7 rings (SSSR count). The molecule has 52 heavy (non-hydrogen) atoms. The maximum Gasteiger partial charge on any atom is 0.327 e. The number of benzene rings is 1.